The van der Waals surface area contributed by atoms with E-state index in [-0.39, 0.29) is 10.9 Å². The van der Waals surface area contributed by atoms with Crippen molar-refractivity contribution in [1.82, 2.24) is 4.72 Å². The van der Waals surface area contributed by atoms with Crippen LogP contribution in [0.5, 0.6) is 0 Å². The third-order valence-electron chi connectivity index (χ3n) is 2.48. The summed E-state index contributed by atoms with van der Waals surface area (Å²) in [6.45, 7) is 1.83. The van der Waals surface area contributed by atoms with Gasteiger partial charge in [0.05, 0.1) is 4.90 Å². The maximum Gasteiger partial charge on any atom is 0.241 e. The molecule has 6 heteroatoms. The molecule has 0 bridgehead atoms. The standard InChI is InChI=1S/C12H12BrNO2S2/c1-9(10-5-6-17-8-10)14-18(15,16)12-4-2-3-11(13)7-12/h2-9,14H,1H3. The third kappa shape index (κ3) is 3.20. The quantitative estimate of drug-likeness (QED) is 0.920. The second-order valence-corrected chi connectivity index (χ2v) is 7.27. The summed E-state index contributed by atoms with van der Waals surface area (Å²) in [6.07, 6.45) is 0. The van der Waals surface area contributed by atoms with E-state index in [0.29, 0.717) is 0 Å². The predicted octanol–water partition coefficient (Wildman–Crippen LogP) is 3.55. The van der Waals surface area contributed by atoms with Gasteiger partial charge in [-0.25, -0.2) is 13.1 Å². The number of thiophene rings is 1. The van der Waals surface area contributed by atoms with Crippen molar-refractivity contribution in [2.24, 2.45) is 0 Å². The molecule has 3 nitrogen and oxygen atoms in total. The normalized spacial score (nSPS) is 13.4. The van der Waals surface area contributed by atoms with Gasteiger partial charge in [0.25, 0.3) is 0 Å². The van der Waals surface area contributed by atoms with E-state index in [1.807, 2.05) is 23.8 Å². The molecule has 1 N–H and O–H groups in total. The Morgan fingerprint density at radius 1 is 1.33 bits per heavy atom. The van der Waals surface area contributed by atoms with Crippen LogP contribution in [-0.4, -0.2) is 8.42 Å². The summed E-state index contributed by atoms with van der Waals surface area (Å²) in [6, 6.07) is 8.34. The van der Waals surface area contributed by atoms with Crippen molar-refractivity contribution in [3.8, 4) is 0 Å². The lowest BCUT2D eigenvalue weighted by Gasteiger charge is -2.13. The van der Waals surface area contributed by atoms with Crippen molar-refractivity contribution in [3.63, 3.8) is 0 Å². The maximum absolute atomic E-state index is 12.2. The molecular formula is C12H12BrNO2S2. The number of halogens is 1. The summed E-state index contributed by atoms with van der Waals surface area (Å²) in [5, 5.41) is 3.87. The molecule has 1 aromatic heterocycles. The number of rotatable bonds is 4. The molecule has 1 unspecified atom stereocenters. The van der Waals surface area contributed by atoms with Crippen LogP contribution >= 0.6 is 27.3 Å². The first kappa shape index (κ1) is 13.7. The first-order chi connectivity index (χ1) is 8.49. The average Bonchev–Trinajstić information content (AvgIpc) is 2.82. The molecule has 0 aliphatic heterocycles. The zero-order chi connectivity index (χ0) is 13.2. The summed E-state index contributed by atoms with van der Waals surface area (Å²) in [5.74, 6) is 0. The van der Waals surface area contributed by atoms with Gasteiger partial charge < -0.3 is 0 Å². The second kappa shape index (κ2) is 5.52. The Kier molecular flexibility index (Phi) is 4.21. The van der Waals surface area contributed by atoms with Gasteiger partial charge in [-0.2, -0.15) is 11.3 Å². The highest BCUT2D eigenvalue weighted by molar-refractivity contribution is 9.10. The van der Waals surface area contributed by atoms with E-state index in [1.165, 1.54) is 0 Å². The third-order valence-corrected chi connectivity index (χ3v) is 5.21. The van der Waals surface area contributed by atoms with Gasteiger partial charge in [-0.05, 0) is 47.5 Å². The van der Waals surface area contributed by atoms with E-state index < -0.39 is 10.0 Å². The van der Waals surface area contributed by atoms with Crippen LogP contribution < -0.4 is 4.72 Å². The van der Waals surface area contributed by atoms with Crippen molar-refractivity contribution in [2.75, 3.05) is 0 Å². The molecule has 0 radical (unpaired) electrons. The van der Waals surface area contributed by atoms with Crippen LogP contribution in [0, 0.1) is 0 Å². The molecule has 0 saturated heterocycles. The van der Waals surface area contributed by atoms with Gasteiger partial charge >= 0.3 is 0 Å². The highest BCUT2D eigenvalue weighted by atomic mass is 79.9. The van der Waals surface area contributed by atoms with Gasteiger partial charge in [0.2, 0.25) is 10.0 Å². The Hall–Kier alpha value is -0.690. The largest absolute Gasteiger partial charge is 0.241 e. The van der Waals surface area contributed by atoms with Crippen LogP contribution in [-0.2, 0) is 10.0 Å². The van der Waals surface area contributed by atoms with Crippen LogP contribution in [0.25, 0.3) is 0 Å². The molecule has 0 spiro atoms. The molecule has 96 valence electrons. The Balaban J connectivity index is 2.22. The van der Waals surface area contributed by atoms with E-state index in [4.69, 9.17) is 0 Å². The molecule has 0 fully saturated rings. The molecule has 1 atom stereocenters. The van der Waals surface area contributed by atoms with Gasteiger partial charge in [0.1, 0.15) is 0 Å². The smallest absolute Gasteiger partial charge is 0.207 e. The van der Waals surface area contributed by atoms with Crippen LogP contribution in [0.4, 0.5) is 0 Å². The first-order valence-electron chi connectivity index (χ1n) is 5.29. The van der Waals surface area contributed by atoms with Gasteiger partial charge in [0, 0.05) is 10.5 Å². The fraction of sp³-hybridized carbons (Fsp3) is 0.167. The van der Waals surface area contributed by atoms with E-state index >= 15 is 0 Å². The molecule has 0 aliphatic carbocycles. The van der Waals surface area contributed by atoms with E-state index in [9.17, 15) is 8.42 Å². The SMILES string of the molecule is CC(NS(=O)(=O)c1cccc(Br)c1)c1ccsc1. The molecule has 2 aromatic rings. The Morgan fingerprint density at radius 3 is 2.72 bits per heavy atom. The summed E-state index contributed by atoms with van der Waals surface area (Å²) < 4.78 is 27.7. The second-order valence-electron chi connectivity index (χ2n) is 3.86. The Morgan fingerprint density at radius 2 is 2.11 bits per heavy atom. The summed E-state index contributed by atoms with van der Waals surface area (Å²) in [4.78, 5) is 0.263. The van der Waals surface area contributed by atoms with Crippen LogP contribution in [0.2, 0.25) is 0 Å². The van der Waals surface area contributed by atoms with Gasteiger partial charge in [-0.1, -0.05) is 22.0 Å². The van der Waals surface area contributed by atoms with Crippen LogP contribution in [0.15, 0.2) is 50.5 Å². The first-order valence-corrected chi connectivity index (χ1v) is 8.51. The van der Waals surface area contributed by atoms with Crippen LogP contribution in [0.1, 0.15) is 18.5 Å². The predicted molar refractivity (Wildman–Crippen MR) is 77.2 cm³/mol. The fourth-order valence-electron chi connectivity index (χ4n) is 1.52. The lowest BCUT2D eigenvalue weighted by atomic mass is 10.2. The minimum absolute atomic E-state index is 0.236. The van der Waals surface area contributed by atoms with Crippen molar-refractivity contribution in [2.45, 2.75) is 17.9 Å². The molecule has 0 saturated carbocycles. The molecule has 1 aromatic carbocycles. The summed E-state index contributed by atoms with van der Waals surface area (Å²) in [7, 11) is -3.48. The number of nitrogens with one attached hydrogen (secondary N) is 1. The highest BCUT2D eigenvalue weighted by Crippen LogP contribution is 2.20. The van der Waals surface area contributed by atoms with Crippen molar-refractivity contribution in [3.05, 3.63) is 51.1 Å². The maximum atomic E-state index is 12.2. The Bertz CT molecular complexity index is 623. The highest BCUT2D eigenvalue weighted by Gasteiger charge is 2.18. The average molecular weight is 346 g/mol. The van der Waals surface area contributed by atoms with E-state index in [1.54, 1.807) is 35.6 Å². The minimum atomic E-state index is -3.48. The minimum Gasteiger partial charge on any atom is -0.207 e. The van der Waals surface area contributed by atoms with Crippen molar-refractivity contribution in [1.29, 1.82) is 0 Å². The number of hydrogen-bond donors (Lipinski definition) is 1. The van der Waals surface area contributed by atoms with E-state index in [0.717, 1.165) is 10.0 Å². The molecular weight excluding hydrogens is 334 g/mol. The van der Waals surface area contributed by atoms with Crippen LogP contribution in [0.3, 0.4) is 0 Å². The number of hydrogen-bond acceptors (Lipinski definition) is 3. The number of benzene rings is 1. The topological polar surface area (TPSA) is 46.2 Å². The monoisotopic (exact) mass is 345 g/mol. The van der Waals surface area contributed by atoms with Gasteiger partial charge in [-0.3, -0.25) is 0 Å². The van der Waals surface area contributed by atoms with E-state index in [2.05, 4.69) is 20.7 Å². The Labute approximate surface area is 119 Å². The molecule has 0 aliphatic rings. The van der Waals surface area contributed by atoms with Gasteiger partial charge in [-0.15, -0.1) is 0 Å². The van der Waals surface area contributed by atoms with Crippen molar-refractivity contribution >= 4 is 37.3 Å². The fourth-order valence-corrected chi connectivity index (χ4v) is 4.11. The number of sulfonamides is 1. The lowest BCUT2D eigenvalue weighted by Crippen LogP contribution is -2.26. The molecule has 0 amide bonds. The van der Waals surface area contributed by atoms with Crippen molar-refractivity contribution < 1.29 is 8.42 Å². The lowest BCUT2D eigenvalue weighted by molar-refractivity contribution is 0.567. The zero-order valence-corrected chi connectivity index (χ0v) is 12.8. The molecule has 1 heterocycles. The van der Waals surface area contributed by atoms with Gasteiger partial charge in [0.15, 0.2) is 0 Å². The molecule has 2 rings (SSSR count). The summed E-state index contributed by atoms with van der Waals surface area (Å²) in [5.41, 5.74) is 0.971. The zero-order valence-electron chi connectivity index (χ0n) is 9.63. The summed E-state index contributed by atoms with van der Waals surface area (Å²) >= 11 is 4.82. The molecule has 18 heavy (non-hydrogen) atoms.